The van der Waals surface area contributed by atoms with Crippen molar-refractivity contribution >= 4 is 40.1 Å². The average Bonchev–Trinajstić information content (AvgIpc) is 0. The summed E-state index contributed by atoms with van der Waals surface area (Å²) >= 11 is 0. The van der Waals surface area contributed by atoms with Crippen LogP contribution in [0.3, 0.4) is 0 Å². The predicted molar refractivity (Wildman–Crippen MR) is 11.5 cm³/mol. The number of hydrogen-bond donors (Lipinski definition) is 0. The minimum Gasteiger partial charge on any atom is 0 e. The van der Waals surface area contributed by atoms with Crippen molar-refractivity contribution in [3.8, 4) is 0 Å². The summed E-state index contributed by atoms with van der Waals surface area (Å²) in [6.07, 6.45) is 0. The van der Waals surface area contributed by atoms with Gasteiger partial charge in [0, 0.05) is 76.7 Å². The maximum absolute atomic E-state index is 0. The summed E-state index contributed by atoms with van der Waals surface area (Å²) in [5.41, 5.74) is 0. The predicted octanol–water partition coefficient (Wildman–Crippen LogP) is -0.767. The van der Waals surface area contributed by atoms with Crippen molar-refractivity contribution in [2.24, 2.45) is 0 Å². The third-order valence-electron chi connectivity index (χ3n) is 0. The van der Waals surface area contributed by atoms with E-state index in [-0.39, 0.29) is 76.7 Å². The van der Waals surface area contributed by atoms with Gasteiger partial charge in [-0.05, 0) is 0 Å². The van der Waals surface area contributed by atoms with Crippen LogP contribution in [0.5, 0.6) is 0 Å². The van der Waals surface area contributed by atoms with E-state index < -0.39 is 0 Å². The van der Waals surface area contributed by atoms with Gasteiger partial charge >= 0.3 is 0 Å². The molecule has 0 spiro atoms. The molecule has 0 saturated carbocycles. The number of rotatable bonds is 0. The molecule has 0 N–H and O–H groups in total. The van der Waals surface area contributed by atoms with Gasteiger partial charge in [-0.25, -0.2) is 0 Å². The van der Waals surface area contributed by atoms with Crippen molar-refractivity contribution in [2.75, 3.05) is 0 Å². The fraction of sp³-hybridized carbons (Fsp3) is 0. The van der Waals surface area contributed by atoms with Crippen LogP contribution in [0.2, 0.25) is 0 Å². The minimum atomic E-state index is 0. The van der Waals surface area contributed by atoms with E-state index in [9.17, 15) is 0 Å². The van der Waals surface area contributed by atoms with Crippen LogP contribution in [-0.2, 0) is 36.5 Å². The Morgan fingerprint density at radius 2 is 1.00 bits per heavy atom. The molecule has 5 radical (unpaired) electrons. The Balaban J connectivity index is 0. The zero-order valence-corrected chi connectivity index (χ0v) is 9.48. The molecule has 17 valence electrons. The van der Waals surface area contributed by atoms with E-state index in [0.717, 1.165) is 0 Å². The molecular formula is MgMnSeZn. The minimum absolute atomic E-state index is 0. The summed E-state index contributed by atoms with van der Waals surface area (Å²) in [4.78, 5) is 0. The summed E-state index contributed by atoms with van der Waals surface area (Å²) < 4.78 is 0. The van der Waals surface area contributed by atoms with Crippen LogP contribution < -0.4 is 0 Å². The molecule has 0 bridgehead atoms. The second kappa shape index (κ2) is 18.1. The molecule has 0 nitrogen and oxygen atoms in total. The Labute approximate surface area is 75.7 Å². The molecule has 0 aliphatic heterocycles. The van der Waals surface area contributed by atoms with Crippen molar-refractivity contribution in [1.29, 1.82) is 0 Å². The van der Waals surface area contributed by atoms with Crippen LogP contribution in [0, 0.1) is 0 Å². The first-order chi connectivity index (χ1) is 0. The van der Waals surface area contributed by atoms with Crippen LogP contribution in [-0.4, -0.2) is 40.1 Å². The molecule has 0 aliphatic rings. The van der Waals surface area contributed by atoms with E-state index in [1.165, 1.54) is 0 Å². The Hall–Kier alpha value is 2.43. The van der Waals surface area contributed by atoms with Gasteiger partial charge in [0.2, 0.25) is 0 Å². The van der Waals surface area contributed by atoms with Gasteiger partial charge < -0.3 is 0 Å². The molecule has 0 unspecified atom stereocenters. The van der Waals surface area contributed by atoms with E-state index in [2.05, 4.69) is 0 Å². The molecule has 4 heavy (non-hydrogen) atoms. The average molecular weight is 224 g/mol. The zero-order chi connectivity index (χ0) is 0. The van der Waals surface area contributed by atoms with E-state index in [1.807, 2.05) is 0 Å². The zero-order valence-electron chi connectivity index (χ0n) is 2.20. The van der Waals surface area contributed by atoms with Crippen molar-refractivity contribution < 1.29 is 36.5 Å². The molecule has 0 aromatic carbocycles. The third-order valence-corrected chi connectivity index (χ3v) is 0. The fourth-order valence-electron chi connectivity index (χ4n) is 0. The van der Waals surface area contributed by atoms with Gasteiger partial charge in [-0.3, -0.25) is 0 Å². The summed E-state index contributed by atoms with van der Waals surface area (Å²) in [6.45, 7) is 0. The smallest absolute Gasteiger partial charge is 0 e. The van der Waals surface area contributed by atoms with Gasteiger partial charge in [-0.1, -0.05) is 0 Å². The molecule has 0 aliphatic carbocycles. The number of hydrogen-bond acceptors (Lipinski definition) is 0. The molecular weight excluding hydrogens is 224 g/mol. The first kappa shape index (κ1) is 32.1. The Kier molecular flexibility index (Phi) is 145. The molecule has 0 aromatic heterocycles. The molecule has 0 atom stereocenters. The second-order valence-corrected chi connectivity index (χ2v) is 0. The van der Waals surface area contributed by atoms with Crippen molar-refractivity contribution in [2.45, 2.75) is 0 Å². The van der Waals surface area contributed by atoms with Crippen LogP contribution in [0.1, 0.15) is 0 Å². The maximum atomic E-state index is 0. The van der Waals surface area contributed by atoms with Crippen LogP contribution >= 0.6 is 0 Å². The molecule has 0 heterocycles. The Bertz CT molecular complexity index is 8.00. The Morgan fingerprint density at radius 1 is 1.00 bits per heavy atom. The molecule has 0 aromatic rings. The normalized spacial score (nSPS) is 0. The van der Waals surface area contributed by atoms with E-state index in [0.29, 0.717) is 0 Å². The van der Waals surface area contributed by atoms with Gasteiger partial charge in [0.1, 0.15) is 0 Å². The van der Waals surface area contributed by atoms with E-state index in [4.69, 9.17) is 0 Å². The van der Waals surface area contributed by atoms with Gasteiger partial charge in [-0.15, -0.1) is 0 Å². The largest absolute Gasteiger partial charge is 0 e. The van der Waals surface area contributed by atoms with Gasteiger partial charge in [-0.2, -0.15) is 0 Å². The van der Waals surface area contributed by atoms with Gasteiger partial charge in [0.25, 0.3) is 0 Å². The Morgan fingerprint density at radius 3 is 1.00 bits per heavy atom. The summed E-state index contributed by atoms with van der Waals surface area (Å²) in [5.74, 6) is 0. The second-order valence-electron chi connectivity index (χ2n) is 0. The van der Waals surface area contributed by atoms with Crippen LogP contribution in [0.25, 0.3) is 0 Å². The SMILES string of the molecule is [Mg].[Mn].[Se].[Zn]. The third kappa shape index (κ3) is 8.83. The van der Waals surface area contributed by atoms with Gasteiger partial charge in [0.05, 0.1) is 0 Å². The van der Waals surface area contributed by atoms with Gasteiger partial charge in [0.15, 0.2) is 0 Å². The monoisotopic (exact) mass is 223 g/mol. The molecule has 0 amide bonds. The maximum Gasteiger partial charge on any atom is 0 e. The summed E-state index contributed by atoms with van der Waals surface area (Å²) in [6, 6.07) is 0. The van der Waals surface area contributed by atoms with E-state index >= 15 is 0 Å². The van der Waals surface area contributed by atoms with Crippen molar-refractivity contribution in [1.82, 2.24) is 0 Å². The first-order valence-electron chi connectivity index (χ1n) is 0. The quantitative estimate of drug-likeness (QED) is 0.474. The summed E-state index contributed by atoms with van der Waals surface area (Å²) in [5, 5.41) is 0. The fourth-order valence-corrected chi connectivity index (χ4v) is 0. The standard InChI is InChI=1S/Mg.Mn.Se.Zn. The molecule has 4 heteroatoms. The van der Waals surface area contributed by atoms with Crippen LogP contribution in [0.4, 0.5) is 0 Å². The van der Waals surface area contributed by atoms with E-state index in [1.54, 1.807) is 0 Å². The van der Waals surface area contributed by atoms with Crippen molar-refractivity contribution in [3.63, 3.8) is 0 Å². The first-order valence-corrected chi connectivity index (χ1v) is 0. The van der Waals surface area contributed by atoms with Crippen LogP contribution in [0.15, 0.2) is 0 Å². The summed E-state index contributed by atoms with van der Waals surface area (Å²) in [7, 11) is 0. The molecule has 0 saturated heterocycles. The molecule has 0 rings (SSSR count). The molecule has 0 fully saturated rings. The topological polar surface area (TPSA) is 0 Å². The van der Waals surface area contributed by atoms with Crippen molar-refractivity contribution in [3.05, 3.63) is 0 Å².